The van der Waals surface area contributed by atoms with Gasteiger partial charge >= 0.3 is 12.0 Å². The van der Waals surface area contributed by atoms with Crippen LogP contribution in [0.5, 0.6) is 0 Å². The van der Waals surface area contributed by atoms with Gasteiger partial charge in [0.2, 0.25) is 0 Å². The van der Waals surface area contributed by atoms with Gasteiger partial charge < -0.3 is 15.7 Å². The van der Waals surface area contributed by atoms with Gasteiger partial charge in [-0.1, -0.05) is 12.8 Å². The minimum Gasteiger partial charge on any atom is -0.476 e. The molecule has 18 heavy (non-hydrogen) atoms. The number of carboxylic acids is 1. The standard InChI is InChI=1S/C11H15N3O3S/c15-10(16)8-6-18-9(14-8)5-13-11(17)12-4-3-7-1-2-7/h6-7H,1-5H2,(H,15,16)(H2,12,13,17). The average Bonchev–Trinajstić information content (AvgIpc) is 3.02. The number of carbonyl (C=O) groups excluding carboxylic acids is 1. The van der Waals surface area contributed by atoms with E-state index in [1.165, 1.54) is 29.6 Å². The summed E-state index contributed by atoms with van der Waals surface area (Å²) in [7, 11) is 0. The zero-order chi connectivity index (χ0) is 13.0. The molecule has 7 heteroatoms. The lowest BCUT2D eigenvalue weighted by molar-refractivity contribution is 0.0691. The Balaban J connectivity index is 1.65. The molecule has 0 aliphatic heterocycles. The van der Waals surface area contributed by atoms with E-state index in [9.17, 15) is 9.59 Å². The fraction of sp³-hybridized carbons (Fsp3) is 0.545. The number of carboxylic acid groups (broad SMARTS) is 1. The summed E-state index contributed by atoms with van der Waals surface area (Å²) in [6.45, 7) is 0.946. The molecule has 1 saturated carbocycles. The van der Waals surface area contributed by atoms with Crippen molar-refractivity contribution in [3.63, 3.8) is 0 Å². The molecule has 1 aromatic heterocycles. The van der Waals surface area contributed by atoms with Gasteiger partial charge in [-0.25, -0.2) is 14.6 Å². The lowest BCUT2D eigenvalue weighted by Crippen LogP contribution is -2.35. The molecular weight excluding hydrogens is 254 g/mol. The molecule has 2 rings (SSSR count). The molecule has 0 atom stereocenters. The maximum atomic E-state index is 11.4. The van der Waals surface area contributed by atoms with Crippen molar-refractivity contribution in [2.24, 2.45) is 5.92 Å². The number of urea groups is 1. The summed E-state index contributed by atoms with van der Waals surface area (Å²) in [4.78, 5) is 25.9. The molecule has 0 bridgehead atoms. The van der Waals surface area contributed by atoms with E-state index in [0.29, 0.717) is 11.6 Å². The van der Waals surface area contributed by atoms with E-state index in [1.807, 2.05) is 0 Å². The Hall–Kier alpha value is -1.63. The molecule has 0 radical (unpaired) electrons. The average molecular weight is 269 g/mol. The molecule has 0 unspecified atom stereocenters. The highest BCUT2D eigenvalue weighted by atomic mass is 32.1. The highest BCUT2D eigenvalue weighted by molar-refractivity contribution is 7.09. The molecule has 1 aliphatic rings. The second kappa shape index (κ2) is 5.81. The van der Waals surface area contributed by atoms with E-state index in [1.54, 1.807) is 0 Å². The molecule has 98 valence electrons. The van der Waals surface area contributed by atoms with Gasteiger partial charge in [-0.05, 0) is 12.3 Å². The van der Waals surface area contributed by atoms with Gasteiger partial charge in [-0.15, -0.1) is 11.3 Å². The summed E-state index contributed by atoms with van der Waals surface area (Å²) in [6, 6.07) is -0.234. The Morgan fingerprint density at radius 1 is 1.44 bits per heavy atom. The maximum absolute atomic E-state index is 11.4. The van der Waals surface area contributed by atoms with Gasteiger partial charge in [0.15, 0.2) is 5.69 Å². The predicted molar refractivity (Wildman–Crippen MR) is 66.7 cm³/mol. The molecule has 3 N–H and O–H groups in total. The molecule has 0 aromatic carbocycles. The van der Waals surface area contributed by atoms with E-state index < -0.39 is 5.97 Å². The van der Waals surface area contributed by atoms with Crippen LogP contribution in [0.4, 0.5) is 4.79 Å². The third kappa shape index (κ3) is 3.99. The highest BCUT2D eigenvalue weighted by Crippen LogP contribution is 2.31. The van der Waals surface area contributed by atoms with Crippen molar-refractivity contribution in [2.75, 3.05) is 6.54 Å². The second-order valence-corrected chi connectivity index (χ2v) is 5.22. The van der Waals surface area contributed by atoms with Gasteiger partial charge in [0.1, 0.15) is 5.01 Å². The van der Waals surface area contributed by atoms with Crippen molar-refractivity contribution < 1.29 is 14.7 Å². The van der Waals surface area contributed by atoms with E-state index in [-0.39, 0.29) is 18.3 Å². The Morgan fingerprint density at radius 3 is 2.83 bits per heavy atom. The molecule has 0 saturated heterocycles. The van der Waals surface area contributed by atoms with E-state index in [2.05, 4.69) is 15.6 Å². The normalized spacial score (nSPS) is 14.2. The van der Waals surface area contributed by atoms with E-state index in [0.717, 1.165) is 12.3 Å². The van der Waals surface area contributed by atoms with Crippen LogP contribution >= 0.6 is 11.3 Å². The first-order valence-electron chi connectivity index (χ1n) is 5.84. The monoisotopic (exact) mass is 269 g/mol. The first-order chi connectivity index (χ1) is 8.65. The fourth-order valence-electron chi connectivity index (χ4n) is 1.51. The number of carbonyl (C=O) groups is 2. The molecule has 2 amide bonds. The SMILES string of the molecule is O=C(NCCC1CC1)NCc1nc(C(=O)O)cs1. The number of hydrogen-bond acceptors (Lipinski definition) is 4. The number of nitrogens with zero attached hydrogens (tertiary/aromatic N) is 1. The van der Waals surface area contributed by atoms with Gasteiger partial charge in [-0.3, -0.25) is 0 Å². The summed E-state index contributed by atoms with van der Waals surface area (Å²) < 4.78 is 0. The highest BCUT2D eigenvalue weighted by Gasteiger charge is 2.20. The van der Waals surface area contributed by atoms with Gasteiger partial charge in [0, 0.05) is 11.9 Å². The predicted octanol–water partition coefficient (Wildman–Crippen LogP) is 1.44. The number of hydrogen-bond donors (Lipinski definition) is 3. The van der Waals surface area contributed by atoms with Crippen LogP contribution in [-0.2, 0) is 6.54 Å². The minimum atomic E-state index is -1.05. The summed E-state index contributed by atoms with van der Waals surface area (Å²) in [6.07, 6.45) is 3.59. The van der Waals surface area contributed by atoms with Crippen LogP contribution in [0.3, 0.4) is 0 Å². The number of thiazole rings is 1. The molecule has 0 spiro atoms. The molecule has 1 aliphatic carbocycles. The van der Waals surface area contributed by atoms with Crippen LogP contribution in [0.2, 0.25) is 0 Å². The zero-order valence-corrected chi connectivity index (χ0v) is 10.6. The van der Waals surface area contributed by atoms with Crippen LogP contribution in [-0.4, -0.2) is 28.6 Å². The lowest BCUT2D eigenvalue weighted by atomic mass is 10.3. The Kier molecular flexibility index (Phi) is 4.14. The lowest BCUT2D eigenvalue weighted by Gasteiger charge is -2.05. The van der Waals surface area contributed by atoms with E-state index in [4.69, 9.17) is 5.11 Å². The number of amides is 2. The zero-order valence-electron chi connectivity index (χ0n) is 9.81. The minimum absolute atomic E-state index is 0.0194. The van der Waals surface area contributed by atoms with Crippen molar-refractivity contribution in [1.82, 2.24) is 15.6 Å². The molecule has 1 aromatic rings. The van der Waals surface area contributed by atoms with Crippen molar-refractivity contribution in [3.8, 4) is 0 Å². The van der Waals surface area contributed by atoms with E-state index >= 15 is 0 Å². The largest absolute Gasteiger partial charge is 0.476 e. The molecule has 1 fully saturated rings. The number of rotatable bonds is 6. The third-order valence-electron chi connectivity index (χ3n) is 2.71. The van der Waals surface area contributed by atoms with Crippen molar-refractivity contribution in [3.05, 3.63) is 16.1 Å². The van der Waals surface area contributed by atoms with Crippen LogP contribution in [0.1, 0.15) is 34.8 Å². The van der Waals surface area contributed by atoms with Crippen molar-refractivity contribution >= 4 is 23.3 Å². The summed E-state index contributed by atoms with van der Waals surface area (Å²) >= 11 is 1.22. The fourth-order valence-corrected chi connectivity index (χ4v) is 2.21. The topological polar surface area (TPSA) is 91.3 Å². The smallest absolute Gasteiger partial charge is 0.355 e. The van der Waals surface area contributed by atoms with Crippen LogP contribution in [0, 0.1) is 5.92 Å². The summed E-state index contributed by atoms with van der Waals surface area (Å²) in [5.74, 6) is -0.256. The van der Waals surface area contributed by atoms with Crippen LogP contribution < -0.4 is 10.6 Å². The van der Waals surface area contributed by atoms with Gasteiger partial charge in [-0.2, -0.15) is 0 Å². The number of nitrogens with one attached hydrogen (secondary N) is 2. The second-order valence-electron chi connectivity index (χ2n) is 4.27. The first-order valence-corrected chi connectivity index (χ1v) is 6.72. The number of aromatic nitrogens is 1. The number of aromatic carboxylic acids is 1. The molecular formula is C11H15N3O3S. The van der Waals surface area contributed by atoms with Gasteiger partial charge in [0.05, 0.1) is 6.54 Å². The Morgan fingerprint density at radius 2 is 2.22 bits per heavy atom. The van der Waals surface area contributed by atoms with Crippen molar-refractivity contribution in [1.29, 1.82) is 0 Å². The van der Waals surface area contributed by atoms with Crippen LogP contribution in [0.25, 0.3) is 0 Å². The van der Waals surface area contributed by atoms with Gasteiger partial charge in [0.25, 0.3) is 0 Å². The maximum Gasteiger partial charge on any atom is 0.355 e. The molecule has 1 heterocycles. The summed E-state index contributed by atoms with van der Waals surface area (Å²) in [5, 5.41) is 16.2. The van der Waals surface area contributed by atoms with Crippen molar-refractivity contribution in [2.45, 2.75) is 25.8 Å². The molecule has 6 nitrogen and oxygen atoms in total. The summed E-state index contributed by atoms with van der Waals surface area (Å²) in [5.41, 5.74) is 0.0194. The first kappa shape index (κ1) is 12.8. The Bertz CT molecular complexity index is 442. The third-order valence-corrected chi connectivity index (χ3v) is 3.55. The Labute approximate surface area is 108 Å². The van der Waals surface area contributed by atoms with Crippen LogP contribution in [0.15, 0.2) is 5.38 Å². The quantitative estimate of drug-likeness (QED) is 0.728.